The minimum atomic E-state index is 0.675. The largest absolute Gasteiger partial charge is 0.443 e. The summed E-state index contributed by atoms with van der Waals surface area (Å²) in [6.07, 6.45) is 1.48. The molecule has 1 fully saturated rings. The Kier molecular flexibility index (Phi) is 2.97. The van der Waals surface area contributed by atoms with E-state index in [1.54, 1.807) is 0 Å². The molecule has 0 radical (unpaired) electrons. The second-order valence-electron chi connectivity index (χ2n) is 5.42. The summed E-state index contributed by atoms with van der Waals surface area (Å²) in [5.41, 5.74) is 2.46. The van der Waals surface area contributed by atoms with E-state index in [1.807, 2.05) is 18.2 Å². The summed E-state index contributed by atoms with van der Waals surface area (Å²) < 4.78 is 5.59. The van der Waals surface area contributed by atoms with E-state index in [0.717, 1.165) is 54.0 Å². The molecular weight excluding hydrogens is 288 g/mol. The molecule has 1 aromatic carbocycles. The Balaban J connectivity index is 1.91. The van der Waals surface area contributed by atoms with Crippen molar-refractivity contribution in [1.82, 2.24) is 14.9 Å². The number of rotatable bonds is 1. The average molecular weight is 303 g/mol. The van der Waals surface area contributed by atoms with Gasteiger partial charge >= 0.3 is 0 Å². The van der Waals surface area contributed by atoms with E-state index in [0.29, 0.717) is 5.02 Å². The zero-order valence-corrected chi connectivity index (χ0v) is 12.5. The number of fused-ring (bicyclic) bond motifs is 3. The fraction of sp³-hybridized carbons (Fsp3) is 0.333. The summed E-state index contributed by atoms with van der Waals surface area (Å²) in [6, 6.07) is 5.66. The van der Waals surface area contributed by atoms with E-state index in [2.05, 4.69) is 21.8 Å². The molecule has 0 amide bonds. The van der Waals surface area contributed by atoms with Crippen LogP contribution < -0.4 is 4.90 Å². The number of halogens is 1. The number of oxazole rings is 1. The number of anilines is 1. The van der Waals surface area contributed by atoms with E-state index in [-0.39, 0.29) is 0 Å². The summed E-state index contributed by atoms with van der Waals surface area (Å²) in [5, 5.41) is 1.59. The molecule has 108 valence electrons. The molecule has 0 N–H and O–H groups in total. The average Bonchev–Trinajstić information content (AvgIpc) is 2.97. The maximum atomic E-state index is 6.08. The van der Waals surface area contributed by atoms with E-state index < -0.39 is 0 Å². The van der Waals surface area contributed by atoms with Crippen molar-refractivity contribution in [3.05, 3.63) is 29.6 Å². The van der Waals surface area contributed by atoms with Crippen molar-refractivity contribution in [2.24, 2.45) is 0 Å². The Bertz CT molecular complexity index is 808. The van der Waals surface area contributed by atoms with Crippen molar-refractivity contribution < 1.29 is 4.42 Å². The van der Waals surface area contributed by atoms with Gasteiger partial charge in [0, 0.05) is 36.6 Å². The smallest absolute Gasteiger partial charge is 0.182 e. The molecule has 1 aliphatic rings. The van der Waals surface area contributed by atoms with Crippen LogP contribution in [0.4, 0.5) is 5.82 Å². The summed E-state index contributed by atoms with van der Waals surface area (Å²) >= 11 is 6.08. The van der Waals surface area contributed by atoms with E-state index in [1.165, 1.54) is 6.39 Å². The first-order valence-corrected chi connectivity index (χ1v) is 7.36. The Hall–Kier alpha value is -1.85. The molecule has 0 spiro atoms. The third kappa shape index (κ3) is 2.13. The number of aromatic nitrogens is 2. The lowest BCUT2D eigenvalue weighted by atomic mass is 10.2. The van der Waals surface area contributed by atoms with Gasteiger partial charge in [-0.25, -0.2) is 9.97 Å². The van der Waals surface area contributed by atoms with Crippen LogP contribution in [0.3, 0.4) is 0 Å². The summed E-state index contributed by atoms with van der Waals surface area (Å²) in [4.78, 5) is 13.8. The van der Waals surface area contributed by atoms with Crippen LogP contribution in [0.5, 0.6) is 0 Å². The maximum absolute atomic E-state index is 6.08. The van der Waals surface area contributed by atoms with E-state index >= 15 is 0 Å². The zero-order chi connectivity index (χ0) is 14.4. The first-order valence-electron chi connectivity index (χ1n) is 6.98. The molecule has 1 saturated heterocycles. The van der Waals surface area contributed by atoms with Gasteiger partial charge in [-0.1, -0.05) is 11.6 Å². The molecule has 0 unspecified atom stereocenters. The Morgan fingerprint density at radius 3 is 2.81 bits per heavy atom. The summed E-state index contributed by atoms with van der Waals surface area (Å²) in [6.45, 7) is 3.95. The molecule has 0 aliphatic carbocycles. The number of piperazine rings is 1. The number of pyridine rings is 1. The fourth-order valence-corrected chi connectivity index (χ4v) is 2.96. The molecule has 3 heterocycles. The molecule has 2 aromatic heterocycles. The SMILES string of the molecule is CN1CCN(c2nc3ccc(Cl)cc3c3ocnc23)CC1. The molecule has 4 rings (SSSR count). The van der Waals surface area contributed by atoms with Crippen molar-refractivity contribution >= 4 is 39.4 Å². The molecule has 6 heteroatoms. The van der Waals surface area contributed by atoms with Gasteiger partial charge in [-0.15, -0.1) is 0 Å². The van der Waals surface area contributed by atoms with Crippen molar-refractivity contribution in [3.8, 4) is 0 Å². The van der Waals surface area contributed by atoms with Crippen molar-refractivity contribution in [2.45, 2.75) is 0 Å². The molecule has 0 atom stereocenters. The number of benzene rings is 1. The molecule has 0 saturated carbocycles. The lowest BCUT2D eigenvalue weighted by Gasteiger charge is -2.33. The minimum Gasteiger partial charge on any atom is -0.443 e. The van der Waals surface area contributed by atoms with Crippen LogP contribution in [0.2, 0.25) is 5.02 Å². The number of hydrogen-bond acceptors (Lipinski definition) is 5. The predicted octanol–water partition coefficient (Wildman–Crippen LogP) is 2.78. The third-order valence-corrected chi connectivity index (χ3v) is 4.25. The molecule has 1 aliphatic heterocycles. The Morgan fingerprint density at radius 2 is 2.00 bits per heavy atom. The number of likely N-dealkylation sites (N-methyl/N-ethyl adjacent to an activating group) is 1. The normalized spacial score (nSPS) is 17.0. The monoisotopic (exact) mass is 302 g/mol. The summed E-state index contributed by atoms with van der Waals surface area (Å²) in [7, 11) is 2.14. The lowest BCUT2D eigenvalue weighted by molar-refractivity contribution is 0.312. The van der Waals surface area contributed by atoms with Gasteiger partial charge in [0.05, 0.1) is 5.52 Å². The molecule has 0 bridgehead atoms. The molecule has 3 aromatic rings. The van der Waals surface area contributed by atoms with Crippen LogP contribution >= 0.6 is 11.6 Å². The van der Waals surface area contributed by atoms with Gasteiger partial charge in [-0.3, -0.25) is 0 Å². The highest BCUT2D eigenvalue weighted by Gasteiger charge is 2.21. The minimum absolute atomic E-state index is 0.675. The first kappa shape index (κ1) is 12.9. The predicted molar refractivity (Wildman–Crippen MR) is 84.0 cm³/mol. The number of hydrogen-bond donors (Lipinski definition) is 0. The topological polar surface area (TPSA) is 45.4 Å². The second kappa shape index (κ2) is 4.86. The highest BCUT2D eigenvalue weighted by molar-refractivity contribution is 6.31. The van der Waals surface area contributed by atoms with Crippen LogP contribution in [0, 0.1) is 0 Å². The van der Waals surface area contributed by atoms with Crippen LogP contribution in [-0.4, -0.2) is 48.1 Å². The molecule has 5 nitrogen and oxygen atoms in total. The van der Waals surface area contributed by atoms with Crippen LogP contribution in [0.25, 0.3) is 22.0 Å². The van der Waals surface area contributed by atoms with Gasteiger partial charge in [-0.05, 0) is 25.2 Å². The Labute approximate surface area is 127 Å². The van der Waals surface area contributed by atoms with E-state index in [9.17, 15) is 0 Å². The summed E-state index contributed by atoms with van der Waals surface area (Å²) in [5.74, 6) is 0.904. The van der Waals surface area contributed by atoms with E-state index in [4.69, 9.17) is 21.0 Å². The Morgan fingerprint density at radius 1 is 1.19 bits per heavy atom. The van der Waals surface area contributed by atoms with Gasteiger partial charge in [0.1, 0.15) is 0 Å². The lowest BCUT2D eigenvalue weighted by Crippen LogP contribution is -2.44. The van der Waals surface area contributed by atoms with Gasteiger partial charge in [-0.2, -0.15) is 0 Å². The maximum Gasteiger partial charge on any atom is 0.182 e. The highest BCUT2D eigenvalue weighted by atomic mass is 35.5. The van der Waals surface area contributed by atoms with Crippen LogP contribution in [-0.2, 0) is 0 Å². The van der Waals surface area contributed by atoms with Gasteiger partial charge < -0.3 is 14.2 Å². The van der Waals surface area contributed by atoms with Gasteiger partial charge in [0.15, 0.2) is 23.3 Å². The highest BCUT2D eigenvalue weighted by Crippen LogP contribution is 2.32. The van der Waals surface area contributed by atoms with Gasteiger partial charge in [0.25, 0.3) is 0 Å². The van der Waals surface area contributed by atoms with Gasteiger partial charge in [0.2, 0.25) is 0 Å². The van der Waals surface area contributed by atoms with Crippen molar-refractivity contribution in [2.75, 3.05) is 38.1 Å². The first-order chi connectivity index (χ1) is 10.2. The van der Waals surface area contributed by atoms with Crippen LogP contribution in [0.1, 0.15) is 0 Å². The third-order valence-electron chi connectivity index (χ3n) is 4.01. The van der Waals surface area contributed by atoms with Crippen molar-refractivity contribution in [3.63, 3.8) is 0 Å². The molecule has 21 heavy (non-hydrogen) atoms. The standard InChI is InChI=1S/C15H15ClN4O/c1-19-4-6-20(7-5-19)15-13-14(21-9-17-13)11-8-10(16)2-3-12(11)18-15/h2-3,8-9H,4-7H2,1H3. The zero-order valence-electron chi connectivity index (χ0n) is 11.7. The van der Waals surface area contributed by atoms with Crippen LogP contribution in [0.15, 0.2) is 29.0 Å². The molecular formula is C15H15ClN4O. The second-order valence-corrected chi connectivity index (χ2v) is 5.85. The quantitative estimate of drug-likeness (QED) is 0.691. The number of nitrogens with zero attached hydrogens (tertiary/aromatic N) is 4. The van der Waals surface area contributed by atoms with Crippen molar-refractivity contribution in [1.29, 1.82) is 0 Å². The fourth-order valence-electron chi connectivity index (χ4n) is 2.79.